The van der Waals surface area contributed by atoms with Crippen LogP contribution in [0.5, 0.6) is 5.75 Å². The first-order chi connectivity index (χ1) is 9.28. The third-order valence-electron chi connectivity index (χ3n) is 2.57. The summed E-state index contributed by atoms with van der Waals surface area (Å²) in [6.45, 7) is 0. The van der Waals surface area contributed by atoms with Crippen molar-refractivity contribution in [3.8, 4) is 5.75 Å². The second-order valence-electron chi connectivity index (χ2n) is 3.94. The van der Waals surface area contributed by atoms with Crippen LogP contribution in [0.15, 0.2) is 60.7 Å². The average molecular weight is 253 g/mol. The molecule has 0 aliphatic rings. The summed E-state index contributed by atoms with van der Waals surface area (Å²) in [4.78, 5) is 11.6. The highest BCUT2D eigenvalue weighted by Gasteiger charge is 2.00. The zero-order valence-electron chi connectivity index (χ0n) is 10.7. The Morgan fingerprint density at radius 3 is 2.37 bits per heavy atom. The summed E-state index contributed by atoms with van der Waals surface area (Å²) in [5.41, 5.74) is 1.93. The normalized spacial score (nSPS) is 10.4. The quantitative estimate of drug-likeness (QED) is 0.516. The molecule has 0 aromatic heterocycles. The van der Waals surface area contributed by atoms with E-state index in [0.717, 1.165) is 11.3 Å². The Morgan fingerprint density at radius 1 is 1.05 bits per heavy atom. The predicted octanol–water partition coefficient (Wildman–Crippen LogP) is 3.35. The molecule has 2 aromatic rings. The highest BCUT2D eigenvalue weighted by atomic mass is 16.5. The molecule has 2 rings (SSSR count). The van der Waals surface area contributed by atoms with Crippen molar-refractivity contribution in [1.29, 1.82) is 0 Å². The van der Waals surface area contributed by atoms with Crippen LogP contribution in [0.2, 0.25) is 0 Å². The van der Waals surface area contributed by atoms with Crippen molar-refractivity contribution in [3.63, 3.8) is 0 Å². The molecule has 96 valence electrons. The molecule has 0 aliphatic heterocycles. The number of carbonyl (C=O) groups excluding carboxylic acids is 1. The minimum absolute atomic E-state index is 0.388. The molecule has 0 fully saturated rings. The van der Waals surface area contributed by atoms with Crippen molar-refractivity contribution in [2.24, 2.45) is 0 Å². The molecule has 19 heavy (non-hydrogen) atoms. The largest absolute Gasteiger partial charge is 0.423 e. The van der Waals surface area contributed by atoms with Gasteiger partial charge in [0.25, 0.3) is 0 Å². The van der Waals surface area contributed by atoms with E-state index < -0.39 is 0 Å². The maximum atomic E-state index is 11.6. The van der Waals surface area contributed by atoms with Crippen molar-refractivity contribution in [3.05, 3.63) is 66.2 Å². The Balaban J connectivity index is 1.95. The van der Waals surface area contributed by atoms with E-state index in [-0.39, 0.29) is 5.97 Å². The summed E-state index contributed by atoms with van der Waals surface area (Å²) in [5.74, 6) is 0.141. The van der Waals surface area contributed by atoms with Gasteiger partial charge in [0.05, 0.1) is 0 Å². The van der Waals surface area contributed by atoms with Gasteiger partial charge in [-0.1, -0.05) is 30.3 Å². The summed E-state index contributed by atoms with van der Waals surface area (Å²) in [6, 6.07) is 16.8. The van der Waals surface area contributed by atoms with Crippen molar-refractivity contribution in [2.75, 3.05) is 12.4 Å². The van der Waals surface area contributed by atoms with E-state index in [1.54, 1.807) is 18.2 Å². The highest BCUT2D eigenvalue weighted by molar-refractivity contribution is 5.88. The molecule has 0 atom stereocenters. The number of benzene rings is 2. The van der Waals surface area contributed by atoms with Crippen LogP contribution in [0.3, 0.4) is 0 Å². The summed E-state index contributed by atoms with van der Waals surface area (Å²) < 4.78 is 5.18. The zero-order valence-corrected chi connectivity index (χ0v) is 10.7. The standard InChI is InChI=1S/C16H15NO2/c1-17-14-8-10-15(11-9-14)19-16(18)12-7-13-5-3-2-4-6-13/h2-12,17H,1H3/b12-7+. The number of carbonyl (C=O) groups is 1. The van der Waals surface area contributed by atoms with E-state index in [2.05, 4.69) is 5.32 Å². The number of ether oxygens (including phenoxy) is 1. The van der Waals surface area contributed by atoms with Crippen LogP contribution in [0.1, 0.15) is 5.56 Å². The molecule has 1 N–H and O–H groups in total. The fourth-order valence-electron chi connectivity index (χ4n) is 1.57. The maximum absolute atomic E-state index is 11.6. The molecule has 3 heteroatoms. The Kier molecular flexibility index (Phi) is 4.34. The lowest BCUT2D eigenvalue weighted by atomic mass is 10.2. The molecule has 3 nitrogen and oxygen atoms in total. The smallest absolute Gasteiger partial charge is 0.336 e. The van der Waals surface area contributed by atoms with Gasteiger partial charge in [0.1, 0.15) is 5.75 Å². The third-order valence-corrected chi connectivity index (χ3v) is 2.57. The second-order valence-corrected chi connectivity index (χ2v) is 3.94. The highest BCUT2D eigenvalue weighted by Crippen LogP contribution is 2.15. The van der Waals surface area contributed by atoms with Crippen molar-refractivity contribution >= 4 is 17.7 Å². The first-order valence-corrected chi connectivity index (χ1v) is 6.01. The number of anilines is 1. The molecule has 0 radical (unpaired) electrons. The van der Waals surface area contributed by atoms with E-state index in [1.807, 2.05) is 49.5 Å². The van der Waals surface area contributed by atoms with E-state index >= 15 is 0 Å². The number of rotatable bonds is 4. The number of nitrogens with one attached hydrogen (secondary N) is 1. The first kappa shape index (κ1) is 12.9. The lowest BCUT2D eigenvalue weighted by Crippen LogP contribution is -2.03. The molecule has 0 saturated carbocycles. The maximum Gasteiger partial charge on any atom is 0.336 e. The molecular formula is C16H15NO2. The summed E-state index contributed by atoms with van der Waals surface area (Å²) in [5, 5.41) is 3.00. The molecular weight excluding hydrogens is 238 g/mol. The number of hydrogen-bond acceptors (Lipinski definition) is 3. The van der Waals surface area contributed by atoms with Crippen molar-refractivity contribution < 1.29 is 9.53 Å². The van der Waals surface area contributed by atoms with Gasteiger partial charge in [-0.3, -0.25) is 0 Å². The van der Waals surface area contributed by atoms with Gasteiger partial charge in [-0.25, -0.2) is 4.79 Å². The summed E-state index contributed by atoms with van der Waals surface area (Å²) >= 11 is 0. The monoisotopic (exact) mass is 253 g/mol. The van der Waals surface area contributed by atoms with Crippen LogP contribution in [-0.4, -0.2) is 13.0 Å². The van der Waals surface area contributed by atoms with E-state index in [9.17, 15) is 4.79 Å². The minimum atomic E-state index is -0.388. The van der Waals surface area contributed by atoms with Crippen LogP contribution in [0.25, 0.3) is 6.08 Å². The third kappa shape index (κ3) is 4.00. The molecule has 2 aromatic carbocycles. The molecule has 0 heterocycles. The van der Waals surface area contributed by atoms with Crippen LogP contribution < -0.4 is 10.1 Å². The van der Waals surface area contributed by atoms with Gasteiger partial charge in [0, 0.05) is 18.8 Å². The summed E-state index contributed by atoms with van der Waals surface area (Å²) in [6.07, 6.45) is 3.14. The number of esters is 1. The van der Waals surface area contributed by atoms with Gasteiger partial charge < -0.3 is 10.1 Å². The fourth-order valence-corrected chi connectivity index (χ4v) is 1.57. The number of hydrogen-bond donors (Lipinski definition) is 1. The predicted molar refractivity (Wildman–Crippen MR) is 77.1 cm³/mol. The molecule has 0 saturated heterocycles. The lowest BCUT2D eigenvalue weighted by molar-refractivity contribution is -0.128. The summed E-state index contributed by atoms with van der Waals surface area (Å²) in [7, 11) is 1.84. The Bertz CT molecular complexity index is 559. The van der Waals surface area contributed by atoms with Crippen LogP contribution in [-0.2, 0) is 4.79 Å². The van der Waals surface area contributed by atoms with Gasteiger partial charge in [-0.15, -0.1) is 0 Å². The van der Waals surface area contributed by atoms with Gasteiger partial charge in [0.2, 0.25) is 0 Å². The minimum Gasteiger partial charge on any atom is -0.423 e. The lowest BCUT2D eigenvalue weighted by Gasteiger charge is -2.03. The molecule has 0 bridgehead atoms. The molecule has 0 aliphatic carbocycles. The molecule has 0 unspecified atom stereocenters. The van der Waals surface area contributed by atoms with Crippen molar-refractivity contribution in [2.45, 2.75) is 0 Å². The van der Waals surface area contributed by atoms with Crippen LogP contribution in [0, 0.1) is 0 Å². The Labute approximate surface area is 112 Å². The topological polar surface area (TPSA) is 38.3 Å². The molecule has 0 spiro atoms. The van der Waals surface area contributed by atoms with Gasteiger partial charge in [0.15, 0.2) is 0 Å². The molecule has 0 amide bonds. The Morgan fingerprint density at radius 2 is 1.74 bits per heavy atom. The van der Waals surface area contributed by atoms with E-state index in [4.69, 9.17) is 4.74 Å². The fraction of sp³-hybridized carbons (Fsp3) is 0.0625. The van der Waals surface area contributed by atoms with E-state index in [1.165, 1.54) is 6.08 Å². The van der Waals surface area contributed by atoms with E-state index in [0.29, 0.717) is 5.75 Å². The Hall–Kier alpha value is -2.55. The van der Waals surface area contributed by atoms with Crippen molar-refractivity contribution in [1.82, 2.24) is 0 Å². The second kappa shape index (κ2) is 6.40. The average Bonchev–Trinajstić information content (AvgIpc) is 2.47. The van der Waals surface area contributed by atoms with Gasteiger partial charge in [-0.2, -0.15) is 0 Å². The van der Waals surface area contributed by atoms with Crippen LogP contribution >= 0.6 is 0 Å². The van der Waals surface area contributed by atoms with Crippen LogP contribution in [0.4, 0.5) is 5.69 Å². The SMILES string of the molecule is CNc1ccc(OC(=O)/C=C/c2ccccc2)cc1. The van der Waals surface area contributed by atoms with Gasteiger partial charge in [-0.05, 0) is 35.9 Å². The first-order valence-electron chi connectivity index (χ1n) is 6.01. The van der Waals surface area contributed by atoms with Gasteiger partial charge >= 0.3 is 5.97 Å². The zero-order chi connectivity index (χ0) is 13.5.